The molecule has 0 radical (unpaired) electrons. The molecule has 1 aromatic heterocycles. The van der Waals surface area contributed by atoms with E-state index in [1.807, 2.05) is 18.2 Å². The van der Waals surface area contributed by atoms with E-state index in [2.05, 4.69) is 16.0 Å². The molecular weight excluding hydrogens is 295 g/mol. The van der Waals surface area contributed by atoms with E-state index in [0.29, 0.717) is 23.3 Å². The van der Waals surface area contributed by atoms with E-state index in [9.17, 15) is 0 Å². The Hall–Kier alpha value is -1.29. The van der Waals surface area contributed by atoms with Crippen LogP contribution in [0.2, 0.25) is 10.2 Å². The van der Waals surface area contributed by atoms with Crippen LogP contribution in [-0.2, 0) is 13.1 Å². The second kappa shape index (κ2) is 6.00. The van der Waals surface area contributed by atoms with Crippen molar-refractivity contribution in [3.63, 3.8) is 0 Å². The predicted molar refractivity (Wildman–Crippen MR) is 80.3 cm³/mol. The number of rotatable bonds is 2. The van der Waals surface area contributed by atoms with Crippen LogP contribution in [-0.4, -0.2) is 23.0 Å². The van der Waals surface area contributed by atoms with Crippen molar-refractivity contribution in [3.05, 3.63) is 57.8 Å². The van der Waals surface area contributed by atoms with Gasteiger partial charge in [-0.3, -0.25) is 4.90 Å². The Labute approximate surface area is 128 Å². The molecule has 0 N–H and O–H groups in total. The van der Waals surface area contributed by atoms with Gasteiger partial charge in [0.15, 0.2) is 0 Å². The number of nitrogens with zero attached hydrogens (tertiary/aromatic N) is 2. The van der Waals surface area contributed by atoms with Gasteiger partial charge in [0.05, 0.1) is 10.7 Å². The Bertz CT molecular complexity index is 619. The molecule has 20 heavy (non-hydrogen) atoms. The third kappa shape index (κ3) is 3.06. The summed E-state index contributed by atoms with van der Waals surface area (Å²) in [6, 6.07) is 11.6. The standard InChI is InChI=1S/C15H14Cl2N2O/c16-12-5-6-15(17)18-13(12)10-19-7-8-20-14-4-2-1-3-11(14)9-19/h1-6H,7-10H2. The quantitative estimate of drug-likeness (QED) is 0.789. The summed E-state index contributed by atoms with van der Waals surface area (Å²) in [6.45, 7) is 2.98. The van der Waals surface area contributed by atoms with Crippen LogP contribution >= 0.6 is 23.2 Å². The van der Waals surface area contributed by atoms with Gasteiger partial charge in [-0.1, -0.05) is 41.4 Å². The molecule has 0 unspecified atom stereocenters. The number of pyridine rings is 1. The lowest BCUT2D eigenvalue weighted by Gasteiger charge is -2.19. The monoisotopic (exact) mass is 308 g/mol. The summed E-state index contributed by atoms with van der Waals surface area (Å²) in [4.78, 5) is 6.56. The van der Waals surface area contributed by atoms with E-state index < -0.39 is 0 Å². The molecule has 3 rings (SSSR count). The summed E-state index contributed by atoms with van der Waals surface area (Å²) in [6.07, 6.45) is 0. The van der Waals surface area contributed by atoms with Gasteiger partial charge in [0.1, 0.15) is 17.5 Å². The fraction of sp³-hybridized carbons (Fsp3) is 0.267. The second-order valence-electron chi connectivity index (χ2n) is 4.73. The number of halogens is 2. The van der Waals surface area contributed by atoms with E-state index in [1.54, 1.807) is 12.1 Å². The molecule has 2 heterocycles. The number of aromatic nitrogens is 1. The lowest BCUT2D eigenvalue weighted by atomic mass is 10.2. The van der Waals surface area contributed by atoms with Crippen molar-refractivity contribution in [2.45, 2.75) is 13.1 Å². The molecule has 0 atom stereocenters. The molecular formula is C15H14Cl2N2O. The summed E-state index contributed by atoms with van der Waals surface area (Å²) in [7, 11) is 0. The first kappa shape index (κ1) is 13.7. The van der Waals surface area contributed by atoms with E-state index in [0.717, 1.165) is 24.5 Å². The fourth-order valence-electron chi connectivity index (χ4n) is 2.30. The molecule has 5 heteroatoms. The molecule has 1 aliphatic heterocycles. The van der Waals surface area contributed by atoms with Crippen LogP contribution in [0, 0.1) is 0 Å². The van der Waals surface area contributed by atoms with Crippen LogP contribution < -0.4 is 4.74 Å². The highest BCUT2D eigenvalue weighted by atomic mass is 35.5. The van der Waals surface area contributed by atoms with Gasteiger partial charge in [0.2, 0.25) is 0 Å². The normalized spacial score (nSPS) is 15.3. The molecule has 104 valence electrons. The number of hydrogen-bond acceptors (Lipinski definition) is 3. The van der Waals surface area contributed by atoms with Crippen LogP contribution in [0.5, 0.6) is 5.75 Å². The van der Waals surface area contributed by atoms with E-state index in [-0.39, 0.29) is 0 Å². The average Bonchev–Trinajstić information content (AvgIpc) is 2.64. The molecule has 2 aromatic rings. The van der Waals surface area contributed by atoms with Gasteiger partial charge < -0.3 is 4.74 Å². The predicted octanol–water partition coefficient (Wildman–Crippen LogP) is 3.78. The molecule has 0 saturated carbocycles. The van der Waals surface area contributed by atoms with Crippen molar-refractivity contribution in [2.75, 3.05) is 13.2 Å². The Morgan fingerprint density at radius 2 is 2.00 bits per heavy atom. The summed E-state index contributed by atoms with van der Waals surface area (Å²) in [5.41, 5.74) is 1.99. The van der Waals surface area contributed by atoms with Gasteiger partial charge in [0, 0.05) is 25.2 Å². The average molecular weight is 309 g/mol. The Kier molecular flexibility index (Phi) is 4.10. The molecule has 0 saturated heterocycles. The van der Waals surface area contributed by atoms with Gasteiger partial charge in [-0.2, -0.15) is 0 Å². The number of ether oxygens (including phenoxy) is 1. The van der Waals surface area contributed by atoms with Crippen molar-refractivity contribution < 1.29 is 4.74 Å². The maximum atomic E-state index is 6.18. The number of para-hydroxylation sites is 1. The maximum Gasteiger partial charge on any atom is 0.129 e. The van der Waals surface area contributed by atoms with Crippen LogP contribution in [0.25, 0.3) is 0 Å². The molecule has 1 aromatic carbocycles. The number of fused-ring (bicyclic) bond motifs is 1. The lowest BCUT2D eigenvalue weighted by Crippen LogP contribution is -2.25. The first-order valence-electron chi connectivity index (χ1n) is 6.46. The molecule has 0 spiro atoms. The molecule has 1 aliphatic rings. The van der Waals surface area contributed by atoms with Crippen molar-refractivity contribution >= 4 is 23.2 Å². The van der Waals surface area contributed by atoms with Crippen LogP contribution in [0.3, 0.4) is 0 Å². The third-order valence-corrected chi connectivity index (χ3v) is 3.84. The van der Waals surface area contributed by atoms with Gasteiger partial charge in [0.25, 0.3) is 0 Å². The molecule has 0 aliphatic carbocycles. The zero-order chi connectivity index (χ0) is 13.9. The lowest BCUT2D eigenvalue weighted by molar-refractivity contribution is 0.218. The van der Waals surface area contributed by atoms with Crippen LogP contribution in [0.1, 0.15) is 11.3 Å². The molecule has 0 amide bonds. The summed E-state index contributed by atoms with van der Waals surface area (Å²) >= 11 is 12.1. The fourth-order valence-corrected chi connectivity index (χ4v) is 2.63. The topological polar surface area (TPSA) is 25.4 Å². The SMILES string of the molecule is Clc1ccc(Cl)c(CN2CCOc3ccccc3C2)n1. The summed E-state index contributed by atoms with van der Waals surface area (Å²) < 4.78 is 5.75. The van der Waals surface area contributed by atoms with Gasteiger partial charge >= 0.3 is 0 Å². The zero-order valence-electron chi connectivity index (χ0n) is 10.9. The zero-order valence-corrected chi connectivity index (χ0v) is 12.4. The van der Waals surface area contributed by atoms with Gasteiger partial charge in [-0.15, -0.1) is 0 Å². The highest BCUT2D eigenvalue weighted by Crippen LogP contribution is 2.25. The minimum absolute atomic E-state index is 0.468. The maximum absolute atomic E-state index is 6.18. The highest BCUT2D eigenvalue weighted by molar-refractivity contribution is 6.32. The van der Waals surface area contributed by atoms with E-state index in [1.165, 1.54) is 5.56 Å². The molecule has 3 nitrogen and oxygen atoms in total. The smallest absolute Gasteiger partial charge is 0.129 e. The first-order valence-corrected chi connectivity index (χ1v) is 7.22. The summed E-state index contributed by atoms with van der Waals surface area (Å²) in [5.74, 6) is 0.958. The number of hydrogen-bond donors (Lipinski definition) is 0. The molecule has 0 bridgehead atoms. The Balaban J connectivity index is 1.80. The highest BCUT2D eigenvalue weighted by Gasteiger charge is 2.16. The minimum Gasteiger partial charge on any atom is -0.492 e. The van der Waals surface area contributed by atoms with Crippen molar-refractivity contribution in [1.82, 2.24) is 9.88 Å². The van der Waals surface area contributed by atoms with E-state index in [4.69, 9.17) is 27.9 Å². The summed E-state index contributed by atoms with van der Waals surface area (Å²) in [5, 5.41) is 1.11. The van der Waals surface area contributed by atoms with Crippen LogP contribution in [0.4, 0.5) is 0 Å². The number of benzene rings is 1. The van der Waals surface area contributed by atoms with Gasteiger partial charge in [-0.05, 0) is 18.2 Å². The third-order valence-electron chi connectivity index (χ3n) is 3.29. The minimum atomic E-state index is 0.468. The van der Waals surface area contributed by atoms with E-state index >= 15 is 0 Å². The van der Waals surface area contributed by atoms with Crippen molar-refractivity contribution in [3.8, 4) is 5.75 Å². The second-order valence-corrected chi connectivity index (χ2v) is 5.52. The Morgan fingerprint density at radius 1 is 1.15 bits per heavy atom. The van der Waals surface area contributed by atoms with Gasteiger partial charge in [-0.25, -0.2) is 4.98 Å². The van der Waals surface area contributed by atoms with Crippen molar-refractivity contribution in [1.29, 1.82) is 0 Å². The Morgan fingerprint density at radius 3 is 2.90 bits per heavy atom. The largest absolute Gasteiger partial charge is 0.492 e. The van der Waals surface area contributed by atoms with Crippen molar-refractivity contribution in [2.24, 2.45) is 0 Å². The van der Waals surface area contributed by atoms with Crippen LogP contribution in [0.15, 0.2) is 36.4 Å². The first-order chi connectivity index (χ1) is 9.72. The molecule has 0 fully saturated rings.